The fraction of sp³-hybridized carbons (Fsp3) is 1.00. The summed E-state index contributed by atoms with van der Waals surface area (Å²) in [4.78, 5) is 0. The molecular weight excluding hydrogens is 728 g/mol. The van der Waals surface area contributed by atoms with Crippen LogP contribution in [0.4, 0.5) is 0 Å². The van der Waals surface area contributed by atoms with Gasteiger partial charge in [0.2, 0.25) is 0 Å². The molecule has 0 aromatic rings. The average Bonchev–Trinajstić information content (AvgIpc) is 3.71. The molecule has 0 spiro atoms. The summed E-state index contributed by atoms with van der Waals surface area (Å²) >= 11 is 0. The van der Waals surface area contributed by atoms with Crippen LogP contribution in [0.5, 0.6) is 0 Å². The lowest BCUT2D eigenvalue weighted by Gasteiger charge is -2.72. The van der Waals surface area contributed by atoms with Crippen molar-refractivity contribution in [3.8, 4) is 0 Å². The molecule has 22 atom stereocenters. The Morgan fingerprint density at radius 1 is 0.732 bits per heavy atom. The van der Waals surface area contributed by atoms with Crippen LogP contribution in [0.2, 0.25) is 0 Å². The molecule has 324 valence electrons. The Kier molecular flexibility index (Phi) is 11.3. The van der Waals surface area contributed by atoms with E-state index in [1.54, 1.807) is 13.8 Å². The highest BCUT2D eigenvalue weighted by molar-refractivity contribution is 5.22. The molecule has 3 heterocycles. The number of hydrogen-bond acceptors (Lipinski definition) is 14. The minimum atomic E-state index is -1.70. The first-order valence-corrected chi connectivity index (χ1v) is 21.2. The van der Waals surface area contributed by atoms with Gasteiger partial charge in [0, 0.05) is 0 Å². The summed E-state index contributed by atoms with van der Waals surface area (Å²) in [5.41, 5.74) is -3.36. The topological polar surface area (TPSA) is 228 Å². The zero-order valence-electron chi connectivity index (χ0n) is 34.8. The van der Waals surface area contributed by atoms with Crippen LogP contribution < -0.4 is 0 Å². The summed E-state index contributed by atoms with van der Waals surface area (Å²) in [6, 6.07) is 0. The van der Waals surface area contributed by atoms with E-state index in [0.717, 1.165) is 25.7 Å². The van der Waals surface area contributed by atoms with E-state index in [1.807, 2.05) is 0 Å². The number of ether oxygens (including phenoxy) is 5. The normalized spacial score (nSPS) is 57.3. The van der Waals surface area contributed by atoms with Crippen LogP contribution in [0.25, 0.3) is 0 Å². The smallest absolute Gasteiger partial charge is 0.187 e. The molecule has 7 fully saturated rings. The Labute approximate surface area is 331 Å². The Morgan fingerprint density at radius 2 is 1.41 bits per heavy atom. The first-order chi connectivity index (χ1) is 25.9. The van der Waals surface area contributed by atoms with Gasteiger partial charge in [-0.05, 0) is 124 Å². The van der Waals surface area contributed by atoms with Gasteiger partial charge < -0.3 is 69.6 Å². The number of hydrogen-bond donors (Lipinski definition) is 9. The molecule has 7 rings (SSSR count). The van der Waals surface area contributed by atoms with Crippen LogP contribution in [0.3, 0.4) is 0 Å². The molecule has 0 aromatic carbocycles. The van der Waals surface area contributed by atoms with E-state index in [2.05, 4.69) is 41.5 Å². The predicted octanol–water partition coefficient (Wildman–Crippen LogP) is 1.36. The Morgan fingerprint density at radius 3 is 2.04 bits per heavy atom. The van der Waals surface area contributed by atoms with Crippen LogP contribution >= 0.6 is 0 Å². The number of aliphatic hydroxyl groups is 9. The predicted molar refractivity (Wildman–Crippen MR) is 200 cm³/mol. The van der Waals surface area contributed by atoms with E-state index < -0.39 is 114 Å². The highest BCUT2D eigenvalue weighted by atomic mass is 16.8. The van der Waals surface area contributed by atoms with Crippen LogP contribution in [-0.4, -0.2) is 150 Å². The molecular formula is C42H72O14. The van der Waals surface area contributed by atoms with Gasteiger partial charge in [-0.2, -0.15) is 0 Å². The molecule has 9 N–H and O–H groups in total. The highest BCUT2D eigenvalue weighted by Crippen LogP contribution is 2.76. The fourth-order valence-electron chi connectivity index (χ4n) is 14.1. The summed E-state index contributed by atoms with van der Waals surface area (Å²) in [6.45, 7) is 17.6. The third-order valence-electron chi connectivity index (χ3n) is 17.3. The van der Waals surface area contributed by atoms with E-state index in [-0.39, 0.29) is 35.2 Å². The van der Waals surface area contributed by atoms with E-state index in [0.29, 0.717) is 25.7 Å². The standard InChI is InChI=1S/C42H72O14/c1-19-28(46)30(48)32(50)35(52-19)55-33-31(49)29(47)23(18-43)54-36(33)53-22-17-41(8)24(39(6)13-11-25(45)37(2,3)34(22)39)16-21(44)27-20(10-14-40(27,41)7)42(9)15-12-26(56-42)38(4,5)51/h19-36,43-51H,10-18H2,1-9H3/t19?,20-,21+,22-,23?,24?,25-,26+,27-,28?,29?,30?,31?,32?,33?,34?,35?,36?,39+,40+,41+,42-/m0/s1. The van der Waals surface area contributed by atoms with E-state index in [4.69, 9.17) is 23.7 Å². The van der Waals surface area contributed by atoms with Crippen LogP contribution in [-0.2, 0) is 23.7 Å². The van der Waals surface area contributed by atoms with Gasteiger partial charge in [0.05, 0.1) is 48.3 Å². The van der Waals surface area contributed by atoms with Crippen molar-refractivity contribution in [2.24, 2.45) is 45.3 Å². The minimum absolute atomic E-state index is 0.0557. The Balaban J connectivity index is 1.26. The number of fused-ring (bicyclic) bond motifs is 5. The molecule has 0 amide bonds. The molecule has 0 aromatic heterocycles. The molecule has 3 aliphatic heterocycles. The molecule has 7 aliphatic rings. The summed E-state index contributed by atoms with van der Waals surface area (Å²) in [6.07, 6.45) is -11.0. The highest BCUT2D eigenvalue weighted by Gasteiger charge is 2.74. The Hall–Kier alpha value is -0.560. The third kappa shape index (κ3) is 6.49. The van der Waals surface area contributed by atoms with Crippen molar-refractivity contribution in [2.75, 3.05) is 6.61 Å². The van der Waals surface area contributed by atoms with E-state index in [1.165, 1.54) is 6.92 Å². The zero-order valence-corrected chi connectivity index (χ0v) is 34.8. The van der Waals surface area contributed by atoms with Gasteiger partial charge in [0.15, 0.2) is 12.6 Å². The van der Waals surface area contributed by atoms with Crippen LogP contribution in [0.1, 0.15) is 114 Å². The van der Waals surface area contributed by atoms with Crippen molar-refractivity contribution < 1.29 is 69.6 Å². The van der Waals surface area contributed by atoms with Crippen molar-refractivity contribution in [1.82, 2.24) is 0 Å². The van der Waals surface area contributed by atoms with Gasteiger partial charge in [0.25, 0.3) is 0 Å². The largest absolute Gasteiger partial charge is 0.394 e. The number of aliphatic hydroxyl groups excluding tert-OH is 8. The van der Waals surface area contributed by atoms with Gasteiger partial charge in [-0.1, -0.05) is 34.6 Å². The monoisotopic (exact) mass is 800 g/mol. The second kappa shape index (κ2) is 14.5. The maximum Gasteiger partial charge on any atom is 0.187 e. The van der Waals surface area contributed by atoms with Crippen molar-refractivity contribution >= 4 is 0 Å². The second-order valence-electron chi connectivity index (χ2n) is 21.2. The maximum absolute atomic E-state index is 12.4. The molecule has 12 unspecified atom stereocenters. The van der Waals surface area contributed by atoms with Crippen LogP contribution in [0, 0.1) is 45.3 Å². The average molecular weight is 801 g/mol. The zero-order chi connectivity index (χ0) is 41.3. The van der Waals surface area contributed by atoms with Gasteiger partial charge in [-0.3, -0.25) is 0 Å². The molecule has 3 saturated heterocycles. The van der Waals surface area contributed by atoms with Gasteiger partial charge in [-0.15, -0.1) is 0 Å². The molecule has 14 nitrogen and oxygen atoms in total. The quantitative estimate of drug-likeness (QED) is 0.166. The van der Waals surface area contributed by atoms with Crippen molar-refractivity contribution in [1.29, 1.82) is 0 Å². The molecule has 0 bridgehead atoms. The number of rotatable bonds is 7. The van der Waals surface area contributed by atoms with E-state index >= 15 is 0 Å². The van der Waals surface area contributed by atoms with E-state index in [9.17, 15) is 46.0 Å². The third-order valence-corrected chi connectivity index (χ3v) is 17.3. The molecule has 4 saturated carbocycles. The van der Waals surface area contributed by atoms with Gasteiger partial charge >= 0.3 is 0 Å². The lowest BCUT2D eigenvalue weighted by molar-refractivity contribution is -0.382. The first-order valence-electron chi connectivity index (χ1n) is 21.2. The SMILES string of the molecule is CC1OC(OC2C(O[C@H]3C[C@]4(C)C(C[C@@H](O)[C@@H]5[C@@H]([C@]6(C)CC[C@H](C(C)(C)O)O6)CC[C@]54C)[C@@]4(C)CC[C@H](O)C(C)(C)C34)OC(CO)C(O)C2O)C(O)C(O)C1O. The second-order valence-corrected chi connectivity index (χ2v) is 21.2. The summed E-state index contributed by atoms with van der Waals surface area (Å²) < 4.78 is 32.0. The lowest BCUT2D eigenvalue weighted by atomic mass is 9.34. The molecule has 0 radical (unpaired) electrons. The lowest BCUT2D eigenvalue weighted by Crippen LogP contribution is -2.71. The molecule has 56 heavy (non-hydrogen) atoms. The summed E-state index contributed by atoms with van der Waals surface area (Å²) in [5, 5.41) is 99.5. The summed E-state index contributed by atoms with van der Waals surface area (Å²) in [7, 11) is 0. The minimum Gasteiger partial charge on any atom is -0.394 e. The fourth-order valence-corrected chi connectivity index (χ4v) is 14.1. The van der Waals surface area contributed by atoms with Crippen molar-refractivity contribution in [3.05, 3.63) is 0 Å². The van der Waals surface area contributed by atoms with Crippen molar-refractivity contribution in [3.63, 3.8) is 0 Å². The Bertz CT molecular complexity index is 1430. The molecule has 14 heteroatoms. The van der Waals surface area contributed by atoms with Crippen LogP contribution in [0.15, 0.2) is 0 Å². The maximum atomic E-state index is 12.4. The van der Waals surface area contributed by atoms with Crippen molar-refractivity contribution in [2.45, 2.75) is 211 Å². The van der Waals surface area contributed by atoms with Gasteiger partial charge in [-0.25, -0.2) is 0 Å². The molecule has 4 aliphatic carbocycles. The van der Waals surface area contributed by atoms with Gasteiger partial charge in [0.1, 0.15) is 42.7 Å². The summed E-state index contributed by atoms with van der Waals surface area (Å²) in [5.74, 6) is -0.246. The first kappa shape index (κ1) is 43.5.